The van der Waals surface area contributed by atoms with Gasteiger partial charge in [-0.1, -0.05) is 55.4 Å². The smallest absolute Gasteiger partial charge is 0.233 e. The summed E-state index contributed by atoms with van der Waals surface area (Å²) in [5.74, 6) is 1.60. The van der Waals surface area contributed by atoms with Crippen LogP contribution in [0.3, 0.4) is 0 Å². The van der Waals surface area contributed by atoms with Gasteiger partial charge in [0.2, 0.25) is 5.91 Å². The van der Waals surface area contributed by atoms with Crippen molar-refractivity contribution < 1.29 is 9.53 Å². The van der Waals surface area contributed by atoms with E-state index in [1.54, 1.807) is 7.11 Å². The molecule has 0 aliphatic heterocycles. The molecule has 0 saturated heterocycles. The maximum atomic E-state index is 12.6. The highest BCUT2D eigenvalue weighted by atomic mass is 32.2. The van der Waals surface area contributed by atoms with E-state index in [-0.39, 0.29) is 11.2 Å². The zero-order valence-electron chi connectivity index (χ0n) is 17.7. The van der Waals surface area contributed by atoms with Gasteiger partial charge in [0, 0.05) is 18.7 Å². The Morgan fingerprint density at radius 1 is 1.13 bits per heavy atom. The van der Waals surface area contributed by atoms with E-state index in [4.69, 9.17) is 4.74 Å². The van der Waals surface area contributed by atoms with Gasteiger partial charge in [0.25, 0.3) is 0 Å². The van der Waals surface area contributed by atoms with E-state index in [1.165, 1.54) is 11.8 Å². The highest BCUT2D eigenvalue weighted by molar-refractivity contribution is 8.00. The first kappa shape index (κ1) is 21.9. The lowest BCUT2D eigenvalue weighted by Gasteiger charge is -2.14. The average Bonchev–Trinajstić information content (AvgIpc) is 3.18. The average molecular weight is 425 g/mol. The van der Waals surface area contributed by atoms with Crippen LogP contribution in [0.1, 0.15) is 32.3 Å². The number of amides is 1. The number of unbranched alkanes of at least 4 members (excludes halogenated alkanes) is 1. The first-order chi connectivity index (χ1) is 14.6. The monoisotopic (exact) mass is 424 g/mol. The number of methoxy groups -OCH3 is 1. The number of ether oxygens (including phenoxy) is 1. The number of carbonyl (C=O) groups excluding carboxylic acids is 1. The van der Waals surface area contributed by atoms with E-state index in [1.807, 2.05) is 61.5 Å². The topological polar surface area (TPSA) is 69.0 Å². The van der Waals surface area contributed by atoms with Crippen LogP contribution >= 0.6 is 11.8 Å². The number of nitrogens with one attached hydrogen (secondary N) is 1. The Labute approximate surface area is 182 Å². The predicted octanol–water partition coefficient (Wildman–Crippen LogP) is 4.55. The van der Waals surface area contributed by atoms with Crippen LogP contribution in [0.4, 0.5) is 0 Å². The molecule has 158 valence electrons. The molecule has 0 fully saturated rings. The first-order valence-corrected chi connectivity index (χ1v) is 11.1. The fourth-order valence-corrected chi connectivity index (χ4v) is 3.89. The molecule has 1 aromatic heterocycles. The molecule has 1 heterocycles. The summed E-state index contributed by atoms with van der Waals surface area (Å²) in [6.07, 6.45) is 2.08. The fourth-order valence-electron chi connectivity index (χ4n) is 2.99. The lowest BCUT2D eigenvalue weighted by atomic mass is 10.2. The fraction of sp³-hybridized carbons (Fsp3) is 0.348. The normalized spacial score (nSPS) is 11.8. The van der Waals surface area contributed by atoms with Gasteiger partial charge in [-0.25, -0.2) is 0 Å². The van der Waals surface area contributed by atoms with E-state index in [0.29, 0.717) is 6.54 Å². The molecule has 1 amide bonds. The van der Waals surface area contributed by atoms with Crippen molar-refractivity contribution in [1.29, 1.82) is 0 Å². The van der Waals surface area contributed by atoms with Gasteiger partial charge in [-0.3, -0.25) is 4.79 Å². The quantitative estimate of drug-likeness (QED) is 0.484. The Hall–Kier alpha value is -2.80. The molecule has 0 spiro atoms. The number of benzene rings is 2. The van der Waals surface area contributed by atoms with Crippen molar-refractivity contribution in [2.75, 3.05) is 7.11 Å². The first-order valence-electron chi connectivity index (χ1n) is 10.2. The van der Waals surface area contributed by atoms with E-state index >= 15 is 0 Å². The number of hydrogen-bond donors (Lipinski definition) is 1. The third-order valence-corrected chi connectivity index (χ3v) is 5.84. The minimum absolute atomic E-state index is 0.0140. The van der Waals surface area contributed by atoms with Crippen LogP contribution in [0.15, 0.2) is 59.8 Å². The second-order valence-corrected chi connectivity index (χ2v) is 8.31. The molecule has 7 heteroatoms. The summed E-state index contributed by atoms with van der Waals surface area (Å²) in [5.41, 5.74) is 2.06. The lowest BCUT2D eigenvalue weighted by molar-refractivity contribution is -0.120. The van der Waals surface area contributed by atoms with Crippen molar-refractivity contribution in [3.8, 4) is 17.1 Å². The number of nitrogens with zero attached hydrogens (tertiary/aromatic N) is 3. The standard InChI is InChI=1S/C23H28N4O2S/c1-4-5-15-27-21(19-11-13-20(29-3)14-12-19)25-26-23(27)30-17(2)22(28)24-16-18-9-7-6-8-10-18/h6-14,17H,4-5,15-16H2,1-3H3,(H,24,28). The van der Waals surface area contributed by atoms with Crippen molar-refractivity contribution in [1.82, 2.24) is 20.1 Å². The van der Waals surface area contributed by atoms with E-state index in [0.717, 1.165) is 47.2 Å². The maximum Gasteiger partial charge on any atom is 0.233 e. The molecule has 30 heavy (non-hydrogen) atoms. The van der Waals surface area contributed by atoms with Crippen LogP contribution in [0.25, 0.3) is 11.4 Å². The molecule has 0 saturated carbocycles. The summed E-state index contributed by atoms with van der Waals surface area (Å²) < 4.78 is 7.36. The van der Waals surface area contributed by atoms with E-state index in [2.05, 4.69) is 27.0 Å². The molecule has 0 aliphatic carbocycles. The third kappa shape index (κ3) is 5.63. The molecule has 0 radical (unpaired) electrons. The summed E-state index contributed by atoms with van der Waals surface area (Å²) in [4.78, 5) is 12.6. The van der Waals surface area contributed by atoms with Crippen molar-refractivity contribution in [3.63, 3.8) is 0 Å². The molecular formula is C23H28N4O2S. The van der Waals surface area contributed by atoms with Gasteiger partial charge in [-0.15, -0.1) is 10.2 Å². The van der Waals surface area contributed by atoms with Crippen molar-refractivity contribution in [2.24, 2.45) is 0 Å². The minimum atomic E-state index is -0.276. The lowest BCUT2D eigenvalue weighted by Crippen LogP contribution is -2.30. The molecule has 1 N–H and O–H groups in total. The van der Waals surface area contributed by atoms with Crippen molar-refractivity contribution >= 4 is 17.7 Å². The molecule has 3 rings (SSSR count). The Balaban J connectivity index is 1.72. The van der Waals surface area contributed by atoms with Gasteiger partial charge in [0.1, 0.15) is 5.75 Å². The molecule has 2 aromatic carbocycles. The Kier molecular flexibility index (Phi) is 7.90. The molecule has 0 aliphatic rings. The SMILES string of the molecule is CCCCn1c(SC(C)C(=O)NCc2ccccc2)nnc1-c1ccc(OC)cc1. The molecule has 1 unspecified atom stereocenters. The number of carbonyl (C=O) groups is 1. The van der Waals surface area contributed by atoms with Crippen molar-refractivity contribution in [2.45, 2.75) is 50.2 Å². The zero-order chi connectivity index (χ0) is 21.3. The van der Waals surface area contributed by atoms with Gasteiger partial charge >= 0.3 is 0 Å². The third-order valence-electron chi connectivity index (χ3n) is 4.76. The molecule has 6 nitrogen and oxygen atoms in total. The summed E-state index contributed by atoms with van der Waals surface area (Å²) in [5, 5.41) is 12.3. The summed E-state index contributed by atoms with van der Waals surface area (Å²) in [6, 6.07) is 17.7. The van der Waals surface area contributed by atoms with Crippen LogP contribution in [-0.2, 0) is 17.9 Å². The molecule has 3 aromatic rings. The van der Waals surface area contributed by atoms with E-state index in [9.17, 15) is 4.79 Å². The minimum Gasteiger partial charge on any atom is -0.497 e. The number of aromatic nitrogens is 3. The maximum absolute atomic E-state index is 12.6. The molecule has 0 bridgehead atoms. The second kappa shape index (κ2) is 10.8. The van der Waals surface area contributed by atoms with Crippen LogP contribution in [0.5, 0.6) is 5.75 Å². The highest BCUT2D eigenvalue weighted by Crippen LogP contribution is 2.28. The largest absolute Gasteiger partial charge is 0.497 e. The van der Waals surface area contributed by atoms with Crippen molar-refractivity contribution in [3.05, 3.63) is 60.2 Å². The Bertz CT molecular complexity index is 942. The van der Waals surface area contributed by atoms with Gasteiger partial charge in [0.05, 0.1) is 12.4 Å². The van der Waals surface area contributed by atoms with Gasteiger partial charge < -0.3 is 14.6 Å². The molecule has 1 atom stereocenters. The summed E-state index contributed by atoms with van der Waals surface area (Å²) in [6.45, 7) is 5.39. The summed E-state index contributed by atoms with van der Waals surface area (Å²) >= 11 is 1.44. The Morgan fingerprint density at radius 2 is 1.87 bits per heavy atom. The number of rotatable bonds is 10. The van der Waals surface area contributed by atoms with Gasteiger partial charge in [-0.2, -0.15) is 0 Å². The van der Waals surface area contributed by atoms with Crippen LogP contribution < -0.4 is 10.1 Å². The van der Waals surface area contributed by atoms with Gasteiger partial charge in [0.15, 0.2) is 11.0 Å². The van der Waals surface area contributed by atoms with Crippen LogP contribution in [0.2, 0.25) is 0 Å². The summed E-state index contributed by atoms with van der Waals surface area (Å²) in [7, 11) is 1.65. The second-order valence-electron chi connectivity index (χ2n) is 7.00. The van der Waals surface area contributed by atoms with Gasteiger partial charge in [-0.05, 0) is 43.2 Å². The predicted molar refractivity (Wildman–Crippen MR) is 121 cm³/mol. The highest BCUT2D eigenvalue weighted by Gasteiger charge is 2.20. The number of hydrogen-bond acceptors (Lipinski definition) is 5. The molecular weight excluding hydrogens is 396 g/mol. The van der Waals surface area contributed by atoms with Crippen LogP contribution in [-0.4, -0.2) is 33.0 Å². The van der Waals surface area contributed by atoms with Crippen LogP contribution in [0, 0.1) is 0 Å². The van der Waals surface area contributed by atoms with E-state index < -0.39 is 0 Å². The zero-order valence-corrected chi connectivity index (χ0v) is 18.5. The Morgan fingerprint density at radius 3 is 2.53 bits per heavy atom. The number of thioether (sulfide) groups is 1.